The van der Waals surface area contributed by atoms with Crippen LogP contribution in [0.5, 0.6) is 0 Å². The van der Waals surface area contributed by atoms with E-state index in [0.29, 0.717) is 5.82 Å². The minimum absolute atomic E-state index is 0.0392. The highest BCUT2D eigenvalue weighted by atomic mass is 16.5. The first-order valence-corrected chi connectivity index (χ1v) is 8.17. The maximum absolute atomic E-state index is 12.2. The van der Waals surface area contributed by atoms with Crippen molar-refractivity contribution in [3.05, 3.63) is 29.8 Å². The van der Waals surface area contributed by atoms with Crippen LogP contribution in [0.1, 0.15) is 25.8 Å². The van der Waals surface area contributed by atoms with Crippen molar-refractivity contribution in [1.82, 2.24) is 25.5 Å². The molecule has 1 aromatic heterocycles. The van der Waals surface area contributed by atoms with E-state index in [1.165, 1.54) is 11.9 Å². The summed E-state index contributed by atoms with van der Waals surface area (Å²) in [5, 5.41) is 14.8. The van der Waals surface area contributed by atoms with Gasteiger partial charge in [-0.1, -0.05) is 44.5 Å². The third-order valence-electron chi connectivity index (χ3n) is 4.11. The Bertz CT molecular complexity index is 743. The minimum atomic E-state index is -0.693. The maximum Gasteiger partial charge on any atom is 0.328 e. The van der Waals surface area contributed by atoms with Crippen molar-refractivity contribution in [2.24, 2.45) is 5.92 Å². The molecule has 2 rings (SSSR count). The molecule has 8 nitrogen and oxygen atoms in total. The lowest BCUT2D eigenvalue weighted by molar-refractivity contribution is -0.146. The second kappa shape index (κ2) is 8.36. The fraction of sp³-hybridized carbons (Fsp3) is 0.471. The molecule has 0 saturated carbocycles. The number of methoxy groups -OCH3 is 1. The Hall–Kier alpha value is -2.77. The Balaban J connectivity index is 2.06. The largest absolute Gasteiger partial charge is 0.467 e. The lowest BCUT2D eigenvalue weighted by Gasteiger charge is -2.21. The zero-order chi connectivity index (χ0) is 18.4. The standard InChI is InChI=1S/C17H23N5O3/c1-5-11(2)15(17(24)25-4)18-14(23)10-22-20-16(19-21-22)13-9-7-6-8-12(13)3/h6-9,11,15H,5,10H2,1-4H3,(H,18,23)/t11-,15-/m0/s1. The van der Waals surface area contributed by atoms with Gasteiger partial charge in [-0.05, 0) is 23.6 Å². The molecule has 2 aromatic rings. The molecule has 8 heteroatoms. The van der Waals surface area contributed by atoms with Gasteiger partial charge in [0, 0.05) is 5.56 Å². The average molecular weight is 345 g/mol. The van der Waals surface area contributed by atoms with Gasteiger partial charge in [-0.15, -0.1) is 10.2 Å². The van der Waals surface area contributed by atoms with E-state index in [1.807, 2.05) is 45.0 Å². The summed E-state index contributed by atoms with van der Waals surface area (Å²) in [4.78, 5) is 25.3. The van der Waals surface area contributed by atoms with Crippen LogP contribution in [0, 0.1) is 12.8 Å². The number of hydrogen-bond acceptors (Lipinski definition) is 6. The molecule has 0 spiro atoms. The van der Waals surface area contributed by atoms with Crippen molar-refractivity contribution in [3.8, 4) is 11.4 Å². The summed E-state index contributed by atoms with van der Waals surface area (Å²) in [7, 11) is 1.30. The molecule has 0 aliphatic heterocycles. The van der Waals surface area contributed by atoms with E-state index in [2.05, 4.69) is 20.7 Å². The zero-order valence-corrected chi connectivity index (χ0v) is 14.9. The van der Waals surface area contributed by atoms with Gasteiger partial charge in [-0.3, -0.25) is 4.79 Å². The summed E-state index contributed by atoms with van der Waals surface area (Å²) in [6.07, 6.45) is 0.735. The number of benzene rings is 1. The second-order valence-corrected chi connectivity index (χ2v) is 5.91. The highest BCUT2D eigenvalue weighted by Gasteiger charge is 2.27. The number of tetrazole rings is 1. The number of carbonyl (C=O) groups is 2. The number of amides is 1. The zero-order valence-electron chi connectivity index (χ0n) is 14.9. The molecule has 0 aliphatic rings. The Morgan fingerprint density at radius 2 is 2.04 bits per heavy atom. The lowest BCUT2D eigenvalue weighted by Crippen LogP contribution is -2.46. The molecular formula is C17H23N5O3. The Kier molecular flexibility index (Phi) is 6.21. The van der Waals surface area contributed by atoms with Crippen LogP contribution < -0.4 is 5.32 Å². The van der Waals surface area contributed by atoms with E-state index in [9.17, 15) is 9.59 Å². The highest BCUT2D eigenvalue weighted by Crippen LogP contribution is 2.17. The van der Waals surface area contributed by atoms with E-state index in [-0.39, 0.29) is 18.4 Å². The van der Waals surface area contributed by atoms with Gasteiger partial charge in [0.05, 0.1) is 7.11 Å². The smallest absolute Gasteiger partial charge is 0.328 e. The van der Waals surface area contributed by atoms with Gasteiger partial charge >= 0.3 is 5.97 Å². The molecule has 25 heavy (non-hydrogen) atoms. The maximum atomic E-state index is 12.2. The molecule has 0 saturated heterocycles. The predicted molar refractivity (Wildman–Crippen MR) is 91.4 cm³/mol. The summed E-state index contributed by atoms with van der Waals surface area (Å²) in [5.41, 5.74) is 1.88. The predicted octanol–water partition coefficient (Wildman–Crippen LogP) is 1.35. The molecule has 1 N–H and O–H groups in total. The molecule has 0 bridgehead atoms. The first-order chi connectivity index (χ1) is 12.0. The normalized spacial score (nSPS) is 13.1. The number of carbonyl (C=O) groups excluding carboxylic acids is 2. The van der Waals surface area contributed by atoms with E-state index >= 15 is 0 Å². The molecule has 0 unspecified atom stereocenters. The van der Waals surface area contributed by atoms with E-state index < -0.39 is 12.0 Å². The van der Waals surface area contributed by atoms with Crippen LogP contribution in [0.25, 0.3) is 11.4 Å². The quantitative estimate of drug-likeness (QED) is 0.761. The van der Waals surface area contributed by atoms with E-state index in [0.717, 1.165) is 17.5 Å². The SMILES string of the molecule is CC[C@H](C)[C@H](NC(=O)Cn1nnc(-c2ccccc2C)n1)C(=O)OC. The molecule has 0 radical (unpaired) electrons. The Labute approximate surface area is 146 Å². The van der Waals surface area contributed by atoms with Crippen molar-refractivity contribution in [2.75, 3.05) is 7.11 Å². The number of ether oxygens (including phenoxy) is 1. The number of hydrogen-bond donors (Lipinski definition) is 1. The Morgan fingerprint density at radius 1 is 1.32 bits per heavy atom. The molecule has 2 atom stereocenters. The number of aryl methyl sites for hydroxylation is 1. The van der Waals surface area contributed by atoms with Crippen LogP contribution in [-0.2, 0) is 20.9 Å². The second-order valence-electron chi connectivity index (χ2n) is 5.91. The molecule has 0 aliphatic carbocycles. The van der Waals surface area contributed by atoms with Gasteiger partial charge in [0.1, 0.15) is 12.6 Å². The van der Waals surface area contributed by atoms with Crippen LogP contribution >= 0.6 is 0 Å². The van der Waals surface area contributed by atoms with E-state index in [1.54, 1.807) is 0 Å². The monoisotopic (exact) mass is 345 g/mol. The lowest BCUT2D eigenvalue weighted by atomic mass is 9.99. The summed E-state index contributed by atoms with van der Waals surface area (Å²) in [6.45, 7) is 5.66. The van der Waals surface area contributed by atoms with Gasteiger partial charge in [0.15, 0.2) is 0 Å². The number of nitrogens with zero attached hydrogens (tertiary/aromatic N) is 4. The number of rotatable bonds is 7. The molecular weight excluding hydrogens is 322 g/mol. The molecule has 1 amide bonds. The average Bonchev–Trinajstić information content (AvgIpc) is 3.06. The first-order valence-electron chi connectivity index (χ1n) is 8.17. The Morgan fingerprint density at radius 3 is 2.68 bits per heavy atom. The van der Waals surface area contributed by atoms with Crippen molar-refractivity contribution < 1.29 is 14.3 Å². The topological polar surface area (TPSA) is 99.0 Å². The highest BCUT2D eigenvalue weighted by molar-refractivity contribution is 5.84. The van der Waals surface area contributed by atoms with Gasteiger partial charge in [0.25, 0.3) is 0 Å². The van der Waals surface area contributed by atoms with Gasteiger partial charge in [-0.25, -0.2) is 4.79 Å². The fourth-order valence-electron chi connectivity index (χ4n) is 2.39. The summed E-state index contributed by atoms with van der Waals surface area (Å²) in [6, 6.07) is 6.98. The first kappa shape index (κ1) is 18.6. The summed E-state index contributed by atoms with van der Waals surface area (Å²) < 4.78 is 4.76. The van der Waals surface area contributed by atoms with Crippen molar-refractivity contribution in [2.45, 2.75) is 39.8 Å². The minimum Gasteiger partial charge on any atom is -0.467 e. The number of aromatic nitrogens is 4. The summed E-state index contributed by atoms with van der Waals surface area (Å²) in [5.74, 6) is -0.417. The molecule has 1 aromatic carbocycles. The third-order valence-corrected chi connectivity index (χ3v) is 4.11. The van der Waals surface area contributed by atoms with Gasteiger partial charge in [0.2, 0.25) is 11.7 Å². The number of nitrogens with one attached hydrogen (secondary N) is 1. The van der Waals surface area contributed by atoms with Crippen LogP contribution in [0.15, 0.2) is 24.3 Å². The fourth-order valence-corrected chi connectivity index (χ4v) is 2.39. The van der Waals surface area contributed by atoms with Gasteiger partial charge in [-0.2, -0.15) is 4.80 Å². The molecule has 1 heterocycles. The number of esters is 1. The van der Waals surface area contributed by atoms with Crippen LogP contribution in [0.3, 0.4) is 0 Å². The van der Waals surface area contributed by atoms with E-state index in [4.69, 9.17) is 4.74 Å². The third kappa shape index (κ3) is 4.62. The van der Waals surface area contributed by atoms with Crippen LogP contribution in [-0.4, -0.2) is 45.2 Å². The van der Waals surface area contributed by atoms with Crippen LogP contribution in [0.4, 0.5) is 0 Å². The van der Waals surface area contributed by atoms with Crippen molar-refractivity contribution >= 4 is 11.9 Å². The van der Waals surface area contributed by atoms with Crippen molar-refractivity contribution in [3.63, 3.8) is 0 Å². The molecule has 134 valence electrons. The molecule has 0 fully saturated rings. The van der Waals surface area contributed by atoms with Gasteiger partial charge < -0.3 is 10.1 Å². The van der Waals surface area contributed by atoms with Crippen LogP contribution in [0.2, 0.25) is 0 Å². The summed E-state index contributed by atoms with van der Waals surface area (Å²) >= 11 is 0. The van der Waals surface area contributed by atoms with Crippen molar-refractivity contribution in [1.29, 1.82) is 0 Å².